The summed E-state index contributed by atoms with van der Waals surface area (Å²) in [5.41, 5.74) is 5.52. The van der Waals surface area contributed by atoms with E-state index in [1.807, 2.05) is 32.0 Å². The molecule has 0 aliphatic heterocycles. The van der Waals surface area contributed by atoms with Crippen LogP contribution in [-0.2, 0) is 11.3 Å². The van der Waals surface area contributed by atoms with Gasteiger partial charge in [-0.3, -0.25) is 0 Å². The summed E-state index contributed by atoms with van der Waals surface area (Å²) in [6, 6.07) is 10.9. The third kappa shape index (κ3) is 3.57. The zero-order valence-corrected chi connectivity index (χ0v) is 16.0. The van der Waals surface area contributed by atoms with Crippen molar-refractivity contribution in [3.63, 3.8) is 0 Å². The smallest absolute Gasteiger partial charge is 0.340 e. The molecular formula is C21H18ClN3O2. The minimum atomic E-state index is -0.382. The highest BCUT2D eigenvalue weighted by molar-refractivity contribution is 6.29. The number of esters is 1. The van der Waals surface area contributed by atoms with Gasteiger partial charge in [-0.05, 0) is 31.0 Å². The van der Waals surface area contributed by atoms with Gasteiger partial charge in [0.15, 0.2) is 5.69 Å². The molecule has 3 rings (SSSR count). The van der Waals surface area contributed by atoms with Gasteiger partial charge in [-0.2, -0.15) is 0 Å². The zero-order chi connectivity index (χ0) is 19.6. The van der Waals surface area contributed by atoms with Gasteiger partial charge in [-0.25, -0.2) is 14.6 Å². The number of carbonyl (C=O) groups is 1. The number of carbonyl (C=O) groups excluding carboxylic acids is 1. The highest BCUT2D eigenvalue weighted by atomic mass is 35.5. The molecule has 0 bridgehead atoms. The molecule has 0 aliphatic carbocycles. The van der Waals surface area contributed by atoms with E-state index in [1.54, 1.807) is 24.4 Å². The molecule has 136 valence electrons. The van der Waals surface area contributed by atoms with Crippen LogP contribution in [-0.4, -0.2) is 22.6 Å². The molecule has 0 aliphatic rings. The van der Waals surface area contributed by atoms with Crippen LogP contribution in [0.25, 0.3) is 16.0 Å². The topological polar surface area (TPSA) is 48.5 Å². The van der Waals surface area contributed by atoms with Crippen LogP contribution in [0.5, 0.6) is 0 Å². The molecule has 2 heterocycles. The average molecular weight is 380 g/mol. The Balaban J connectivity index is 2.15. The molecule has 0 spiro atoms. The van der Waals surface area contributed by atoms with Gasteiger partial charge < -0.3 is 9.30 Å². The Morgan fingerprint density at radius 1 is 1.19 bits per heavy atom. The number of pyridine rings is 1. The normalized spacial score (nSPS) is 10.5. The molecule has 0 saturated heterocycles. The monoisotopic (exact) mass is 379 g/mol. The third-order valence-electron chi connectivity index (χ3n) is 4.59. The lowest BCUT2D eigenvalue weighted by Gasteiger charge is -2.10. The van der Waals surface area contributed by atoms with Gasteiger partial charge in [0.2, 0.25) is 0 Å². The fourth-order valence-electron chi connectivity index (χ4n) is 3.21. The van der Waals surface area contributed by atoms with Crippen molar-refractivity contribution >= 4 is 23.3 Å². The van der Waals surface area contributed by atoms with E-state index in [0.717, 1.165) is 28.1 Å². The maximum atomic E-state index is 12.5. The molecule has 0 atom stereocenters. The van der Waals surface area contributed by atoms with Gasteiger partial charge in [0.1, 0.15) is 5.15 Å². The first-order valence-electron chi connectivity index (χ1n) is 8.32. The Bertz CT molecular complexity index is 1030. The molecule has 3 aromatic rings. The number of halogens is 1. The van der Waals surface area contributed by atoms with Crippen molar-refractivity contribution in [1.29, 1.82) is 0 Å². The number of methoxy groups -OCH3 is 1. The third-order valence-corrected chi connectivity index (χ3v) is 4.81. The van der Waals surface area contributed by atoms with E-state index in [4.69, 9.17) is 22.9 Å². The van der Waals surface area contributed by atoms with Crippen molar-refractivity contribution in [2.75, 3.05) is 7.11 Å². The van der Waals surface area contributed by atoms with Crippen LogP contribution in [0.4, 0.5) is 5.69 Å². The Hall–Kier alpha value is -3.10. The van der Waals surface area contributed by atoms with Gasteiger partial charge in [-0.15, -0.1) is 0 Å². The molecule has 0 unspecified atom stereocenters. The van der Waals surface area contributed by atoms with Gasteiger partial charge in [0.25, 0.3) is 0 Å². The summed E-state index contributed by atoms with van der Waals surface area (Å²) < 4.78 is 7.09. The number of rotatable bonds is 4. The SMILES string of the molecule is [C-]#[N+]c1ccc(-c2c(C(=O)OC)c(C)n(Cc3ccc(Cl)nc3)c2C)cc1. The highest BCUT2D eigenvalue weighted by Gasteiger charge is 2.24. The number of ether oxygens (including phenoxy) is 1. The molecule has 2 aromatic heterocycles. The second-order valence-electron chi connectivity index (χ2n) is 6.15. The summed E-state index contributed by atoms with van der Waals surface area (Å²) in [6.07, 6.45) is 1.73. The van der Waals surface area contributed by atoms with E-state index in [2.05, 4.69) is 14.4 Å². The fourth-order valence-corrected chi connectivity index (χ4v) is 3.32. The molecule has 27 heavy (non-hydrogen) atoms. The van der Waals surface area contributed by atoms with Crippen LogP contribution < -0.4 is 0 Å². The van der Waals surface area contributed by atoms with Crippen LogP contribution >= 0.6 is 11.6 Å². The lowest BCUT2D eigenvalue weighted by atomic mass is 10.0. The summed E-state index contributed by atoms with van der Waals surface area (Å²) in [6.45, 7) is 11.5. The Morgan fingerprint density at radius 3 is 2.44 bits per heavy atom. The molecule has 5 nitrogen and oxygen atoms in total. The van der Waals surface area contributed by atoms with Crippen molar-refractivity contribution in [1.82, 2.24) is 9.55 Å². The van der Waals surface area contributed by atoms with Crippen molar-refractivity contribution in [3.8, 4) is 11.1 Å². The molecule has 0 N–H and O–H groups in total. The molecule has 0 radical (unpaired) electrons. The maximum Gasteiger partial charge on any atom is 0.340 e. The summed E-state index contributed by atoms with van der Waals surface area (Å²) >= 11 is 5.87. The van der Waals surface area contributed by atoms with Crippen LogP contribution in [0.2, 0.25) is 5.15 Å². The van der Waals surface area contributed by atoms with E-state index in [0.29, 0.717) is 22.9 Å². The molecule has 0 fully saturated rings. The van der Waals surface area contributed by atoms with Crippen LogP contribution in [0.3, 0.4) is 0 Å². The highest BCUT2D eigenvalue weighted by Crippen LogP contribution is 2.34. The van der Waals surface area contributed by atoms with Gasteiger partial charge >= 0.3 is 5.97 Å². The minimum absolute atomic E-state index is 0.382. The quantitative estimate of drug-likeness (QED) is 0.355. The summed E-state index contributed by atoms with van der Waals surface area (Å²) in [5, 5.41) is 0.440. The first-order valence-corrected chi connectivity index (χ1v) is 8.70. The predicted octanol–water partition coefficient (Wildman–Crippen LogP) is 5.21. The number of aromatic nitrogens is 2. The Labute approximate surface area is 163 Å². The van der Waals surface area contributed by atoms with Gasteiger partial charge in [0.05, 0.1) is 19.2 Å². The summed E-state index contributed by atoms with van der Waals surface area (Å²) in [5.74, 6) is -0.382. The molecular weight excluding hydrogens is 362 g/mol. The van der Waals surface area contributed by atoms with E-state index in [-0.39, 0.29) is 5.97 Å². The number of hydrogen-bond acceptors (Lipinski definition) is 3. The number of hydrogen-bond donors (Lipinski definition) is 0. The van der Waals surface area contributed by atoms with E-state index in [1.165, 1.54) is 7.11 Å². The average Bonchev–Trinajstić information content (AvgIpc) is 2.93. The molecule has 0 saturated carbocycles. The zero-order valence-electron chi connectivity index (χ0n) is 15.3. The largest absolute Gasteiger partial charge is 0.465 e. The maximum absolute atomic E-state index is 12.5. The predicted molar refractivity (Wildman–Crippen MR) is 105 cm³/mol. The second kappa shape index (κ2) is 7.65. The molecule has 1 aromatic carbocycles. The molecule has 0 amide bonds. The van der Waals surface area contributed by atoms with Crippen molar-refractivity contribution in [2.45, 2.75) is 20.4 Å². The first kappa shape index (κ1) is 18.7. The van der Waals surface area contributed by atoms with Gasteiger partial charge in [-0.1, -0.05) is 41.9 Å². The van der Waals surface area contributed by atoms with E-state index in [9.17, 15) is 4.79 Å². The number of benzene rings is 1. The number of nitrogens with zero attached hydrogens (tertiary/aromatic N) is 3. The van der Waals surface area contributed by atoms with Crippen molar-refractivity contribution < 1.29 is 9.53 Å². The fraction of sp³-hybridized carbons (Fsp3) is 0.190. The van der Waals surface area contributed by atoms with Gasteiger partial charge in [0, 0.05) is 29.7 Å². The first-order chi connectivity index (χ1) is 13.0. The Kier molecular flexibility index (Phi) is 5.29. The summed E-state index contributed by atoms with van der Waals surface area (Å²) in [7, 11) is 1.38. The lowest BCUT2D eigenvalue weighted by Crippen LogP contribution is -2.07. The minimum Gasteiger partial charge on any atom is -0.465 e. The van der Waals surface area contributed by atoms with Crippen molar-refractivity contribution in [2.24, 2.45) is 0 Å². The van der Waals surface area contributed by atoms with Crippen LogP contribution in [0.1, 0.15) is 27.3 Å². The molecule has 6 heteroatoms. The lowest BCUT2D eigenvalue weighted by molar-refractivity contribution is 0.0600. The Morgan fingerprint density at radius 2 is 1.89 bits per heavy atom. The standard InChI is InChI=1S/C21H18ClN3O2/c1-13-19(16-6-8-17(23-3)9-7-16)20(21(26)27-4)14(2)25(13)12-15-5-10-18(22)24-11-15/h5-11H,12H2,1-2,4H3. The van der Waals surface area contributed by atoms with Crippen LogP contribution in [0, 0.1) is 20.4 Å². The summed E-state index contributed by atoms with van der Waals surface area (Å²) in [4.78, 5) is 20.0. The second-order valence-corrected chi connectivity index (χ2v) is 6.53. The van der Waals surface area contributed by atoms with E-state index < -0.39 is 0 Å². The van der Waals surface area contributed by atoms with Crippen molar-refractivity contribution in [3.05, 3.63) is 81.7 Å². The van der Waals surface area contributed by atoms with Crippen LogP contribution in [0.15, 0.2) is 42.6 Å². The van der Waals surface area contributed by atoms with E-state index >= 15 is 0 Å².